The number of nitrogens with zero attached hydrogens (tertiary/aromatic N) is 2. The van der Waals surface area contributed by atoms with Crippen LogP contribution in [0.1, 0.15) is 83.7 Å². The van der Waals surface area contributed by atoms with Gasteiger partial charge in [-0.2, -0.15) is 18.3 Å². The zero-order valence-corrected chi connectivity index (χ0v) is 35.5. The third-order valence-electron chi connectivity index (χ3n) is 9.88. The molecule has 1 atom stereocenters. The van der Waals surface area contributed by atoms with E-state index in [-0.39, 0.29) is 31.1 Å². The van der Waals surface area contributed by atoms with Crippen molar-refractivity contribution < 1.29 is 46.5 Å². The molecular weight excluding hydrogens is 828 g/mol. The molecular formula is C49H48F3N5O7. The molecule has 1 heterocycles. The van der Waals surface area contributed by atoms with Crippen LogP contribution in [0.3, 0.4) is 0 Å². The molecule has 1 saturated carbocycles. The van der Waals surface area contributed by atoms with Crippen molar-refractivity contribution >= 4 is 23.8 Å². The van der Waals surface area contributed by atoms with E-state index in [1.54, 1.807) is 75.4 Å². The molecule has 1 aromatic heterocycles. The number of amides is 3. The topological polar surface area (TPSA) is 142 Å². The van der Waals surface area contributed by atoms with Crippen molar-refractivity contribution in [2.24, 2.45) is 5.92 Å². The highest BCUT2D eigenvalue weighted by molar-refractivity contribution is 6.03. The molecule has 1 aliphatic carbocycles. The first-order chi connectivity index (χ1) is 30.7. The fourth-order valence-electron chi connectivity index (χ4n) is 6.58. The zero-order valence-electron chi connectivity index (χ0n) is 35.5. The Bertz CT molecular complexity index is 2560. The molecule has 12 nitrogen and oxygen atoms in total. The van der Waals surface area contributed by atoms with Crippen molar-refractivity contribution in [2.45, 2.75) is 71.3 Å². The van der Waals surface area contributed by atoms with Crippen LogP contribution in [0.2, 0.25) is 0 Å². The van der Waals surface area contributed by atoms with Crippen molar-refractivity contribution in [3.05, 3.63) is 173 Å². The molecule has 0 radical (unpaired) electrons. The standard InChI is InChI=1S/C49H48F3N5O7/c1-48(2,3)64-47(60)54-29-35-16-10-19-38(24-35)57-41(27-43(56-57)49(50,51)52)45(58)55-37-18-11-17-36(25-37)44(63-46(59)53-28-32-20-21-32)40-26-39(61-30-33-12-6-4-7-13-33)22-23-42(40)62-31-34-14-8-5-9-15-34/h4-19,22-27,32,44H,20-21,28-31H2,1-3H3,(H,53,59)(H,54,60)(H,55,58). The summed E-state index contributed by atoms with van der Waals surface area (Å²) in [4.78, 5) is 39.8. The number of anilines is 1. The Morgan fingerprint density at radius 2 is 1.41 bits per heavy atom. The number of carbonyl (C=O) groups is 3. The van der Waals surface area contributed by atoms with Crippen molar-refractivity contribution in [1.29, 1.82) is 0 Å². The number of alkyl halides is 3. The average Bonchev–Trinajstić information content (AvgIpc) is 3.99. The van der Waals surface area contributed by atoms with Gasteiger partial charge in [0.2, 0.25) is 0 Å². The van der Waals surface area contributed by atoms with Gasteiger partial charge in [-0.25, -0.2) is 14.3 Å². The molecule has 5 aromatic carbocycles. The van der Waals surface area contributed by atoms with Crippen molar-refractivity contribution in [3.8, 4) is 17.2 Å². The Morgan fingerprint density at radius 1 is 0.734 bits per heavy atom. The summed E-state index contributed by atoms with van der Waals surface area (Å²) in [6.45, 7) is 6.05. The number of rotatable bonds is 16. The Morgan fingerprint density at radius 3 is 2.08 bits per heavy atom. The van der Waals surface area contributed by atoms with Crippen LogP contribution in [-0.2, 0) is 35.4 Å². The summed E-state index contributed by atoms with van der Waals surface area (Å²) in [5, 5.41) is 12.0. The Balaban J connectivity index is 1.20. The minimum atomic E-state index is -4.87. The van der Waals surface area contributed by atoms with E-state index in [0.29, 0.717) is 46.7 Å². The van der Waals surface area contributed by atoms with Gasteiger partial charge in [-0.15, -0.1) is 0 Å². The summed E-state index contributed by atoms with van der Waals surface area (Å²) in [5.41, 5.74) is 1.11. The number of halogens is 3. The second kappa shape index (κ2) is 19.8. The van der Waals surface area contributed by atoms with Gasteiger partial charge in [0, 0.05) is 30.4 Å². The van der Waals surface area contributed by atoms with Crippen LogP contribution >= 0.6 is 0 Å². The second-order valence-corrected chi connectivity index (χ2v) is 16.3. The summed E-state index contributed by atoms with van der Waals surface area (Å²) in [6, 6.07) is 37.8. The van der Waals surface area contributed by atoms with Crippen LogP contribution in [0.15, 0.2) is 133 Å². The van der Waals surface area contributed by atoms with E-state index in [9.17, 15) is 27.6 Å². The van der Waals surface area contributed by atoms with E-state index in [1.165, 1.54) is 12.1 Å². The number of alkyl carbamates (subject to hydrolysis) is 2. The molecule has 1 fully saturated rings. The first-order valence-electron chi connectivity index (χ1n) is 20.7. The van der Waals surface area contributed by atoms with E-state index >= 15 is 0 Å². The molecule has 3 amide bonds. The molecule has 6 aromatic rings. The number of ether oxygens (including phenoxy) is 4. The lowest BCUT2D eigenvalue weighted by Gasteiger charge is -2.23. The van der Waals surface area contributed by atoms with Gasteiger partial charge in [0.25, 0.3) is 5.91 Å². The van der Waals surface area contributed by atoms with E-state index in [1.807, 2.05) is 60.7 Å². The number of carbonyl (C=O) groups excluding carboxylic acids is 3. The predicted octanol–water partition coefficient (Wildman–Crippen LogP) is 10.6. The molecule has 0 bridgehead atoms. The fourth-order valence-corrected chi connectivity index (χ4v) is 6.58. The Hall–Kier alpha value is -7.29. The van der Waals surface area contributed by atoms with Gasteiger partial charge in [0.15, 0.2) is 11.8 Å². The molecule has 7 rings (SSSR count). The first-order valence-corrected chi connectivity index (χ1v) is 20.7. The van der Waals surface area contributed by atoms with Gasteiger partial charge in [-0.05, 0) is 104 Å². The van der Waals surface area contributed by atoms with Crippen LogP contribution in [0.5, 0.6) is 11.5 Å². The monoisotopic (exact) mass is 875 g/mol. The van der Waals surface area contributed by atoms with Gasteiger partial charge in [0.05, 0.1) is 5.69 Å². The molecule has 15 heteroatoms. The maximum absolute atomic E-state index is 14.1. The first kappa shape index (κ1) is 44.8. The lowest BCUT2D eigenvalue weighted by Crippen LogP contribution is -2.32. The quantitative estimate of drug-likeness (QED) is 0.0873. The third kappa shape index (κ3) is 12.6. The van der Waals surface area contributed by atoms with E-state index in [0.717, 1.165) is 28.7 Å². The highest BCUT2D eigenvalue weighted by Gasteiger charge is 2.36. The summed E-state index contributed by atoms with van der Waals surface area (Å²) < 4.78 is 67.3. The second-order valence-electron chi connectivity index (χ2n) is 16.3. The Kier molecular flexibility index (Phi) is 13.9. The SMILES string of the molecule is CC(C)(C)OC(=O)NCc1cccc(-n2nc(C(F)(F)F)cc2C(=O)Nc2cccc(C(OC(=O)NCC3CC3)c3cc(OCc4ccccc4)ccc3OCc3ccccc3)c2)c1. The minimum absolute atomic E-state index is 0.00657. The molecule has 332 valence electrons. The number of hydrogen-bond donors (Lipinski definition) is 3. The lowest BCUT2D eigenvalue weighted by atomic mass is 9.99. The molecule has 3 N–H and O–H groups in total. The van der Waals surface area contributed by atoms with Crippen LogP contribution in [0.25, 0.3) is 5.69 Å². The molecule has 0 aliphatic heterocycles. The summed E-state index contributed by atoms with van der Waals surface area (Å²) >= 11 is 0. The number of hydrogen-bond acceptors (Lipinski definition) is 8. The number of aromatic nitrogens is 2. The van der Waals surface area contributed by atoms with Gasteiger partial charge in [0.1, 0.15) is 36.0 Å². The third-order valence-corrected chi connectivity index (χ3v) is 9.88. The van der Waals surface area contributed by atoms with Crippen LogP contribution in [0, 0.1) is 5.92 Å². The van der Waals surface area contributed by atoms with Gasteiger partial charge < -0.3 is 34.9 Å². The number of nitrogens with one attached hydrogen (secondary N) is 3. The smallest absolute Gasteiger partial charge is 0.435 e. The Labute approximate surface area is 368 Å². The van der Waals surface area contributed by atoms with Gasteiger partial charge in [-0.3, -0.25) is 4.79 Å². The maximum atomic E-state index is 14.1. The van der Waals surface area contributed by atoms with Crippen molar-refractivity contribution in [2.75, 3.05) is 11.9 Å². The normalized spacial score (nSPS) is 13.0. The molecule has 1 unspecified atom stereocenters. The molecule has 0 saturated heterocycles. The lowest BCUT2D eigenvalue weighted by molar-refractivity contribution is -0.141. The average molecular weight is 876 g/mol. The fraction of sp³-hybridized carbons (Fsp3) is 0.265. The number of benzene rings is 5. The van der Waals surface area contributed by atoms with Crippen molar-refractivity contribution in [3.63, 3.8) is 0 Å². The van der Waals surface area contributed by atoms with Crippen LogP contribution < -0.4 is 25.4 Å². The van der Waals surface area contributed by atoms with Crippen LogP contribution in [-0.4, -0.2) is 40.0 Å². The maximum Gasteiger partial charge on any atom is 0.435 e. The van der Waals surface area contributed by atoms with E-state index < -0.39 is 47.4 Å². The highest BCUT2D eigenvalue weighted by atomic mass is 19.4. The zero-order chi connectivity index (χ0) is 45.3. The van der Waals surface area contributed by atoms with E-state index in [4.69, 9.17) is 18.9 Å². The summed E-state index contributed by atoms with van der Waals surface area (Å²) in [5.74, 6) is 0.338. The largest absolute Gasteiger partial charge is 0.489 e. The minimum Gasteiger partial charge on any atom is -0.489 e. The molecule has 1 aliphatic rings. The molecule has 64 heavy (non-hydrogen) atoms. The predicted molar refractivity (Wildman–Crippen MR) is 233 cm³/mol. The van der Waals surface area contributed by atoms with E-state index in [2.05, 4.69) is 21.0 Å². The van der Waals surface area contributed by atoms with Gasteiger partial charge in [-0.1, -0.05) is 84.9 Å². The highest BCUT2D eigenvalue weighted by Crippen LogP contribution is 2.38. The van der Waals surface area contributed by atoms with Crippen LogP contribution in [0.4, 0.5) is 28.4 Å². The molecule has 0 spiro atoms. The van der Waals surface area contributed by atoms with Crippen molar-refractivity contribution in [1.82, 2.24) is 20.4 Å². The van der Waals surface area contributed by atoms with Gasteiger partial charge >= 0.3 is 18.4 Å². The summed E-state index contributed by atoms with van der Waals surface area (Å²) in [7, 11) is 0. The summed E-state index contributed by atoms with van der Waals surface area (Å²) in [6.07, 6.45) is -5.33.